The van der Waals surface area contributed by atoms with Crippen LogP contribution in [0.15, 0.2) is 37.0 Å². The molecule has 1 atom stereocenters. The summed E-state index contributed by atoms with van der Waals surface area (Å²) < 4.78 is 0. The summed E-state index contributed by atoms with van der Waals surface area (Å²) >= 11 is 0. The quantitative estimate of drug-likeness (QED) is 0.713. The van der Waals surface area contributed by atoms with Crippen LogP contribution in [0.5, 0.6) is 0 Å². The second-order valence-corrected chi connectivity index (χ2v) is 6.81. The molecule has 0 aliphatic carbocycles. The fourth-order valence-electron chi connectivity index (χ4n) is 2.28. The Morgan fingerprint density at radius 2 is 2.00 bits per heavy atom. The van der Waals surface area contributed by atoms with Crippen LogP contribution in [0.25, 0.3) is 17.0 Å². The molecule has 0 N–H and O–H groups in total. The Hall–Kier alpha value is -1.63. The van der Waals surface area contributed by atoms with Gasteiger partial charge >= 0.3 is 0 Å². The lowest BCUT2D eigenvalue weighted by Gasteiger charge is -2.27. The Morgan fingerprint density at radius 3 is 2.65 bits per heavy atom. The number of rotatable bonds is 4. The molecule has 1 nitrogen and oxygen atoms in total. The molecule has 0 aliphatic rings. The maximum Gasteiger partial charge on any atom is 0.0702 e. The highest BCUT2D eigenvalue weighted by molar-refractivity contribution is 5.81. The summed E-state index contributed by atoms with van der Waals surface area (Å²) in [6.07, 6.45) is 6.20. The van der Waals surface area contributed by atoms with Gasteiger partial charge in [-0.2, -0.15) is 0 Å². The van der Waals surface area contributed by atoms with Crippen molar-refractivity contribution in [1.29, 1.82) is 0 Å². The lowest BCUT2D eigenvalue weighted by atomic mass is 9.79. The molecule has 106 valence electrons. The monoisotopic (exact) mass is 267 g/mol. The first-order chi connectivity index (χ1) is 9.40. The van der Waals surface area contributed by atoms with Crippen molar-refractivity contribution in [2.24, 2.45) is 11.3 Å². The predicted octanol–water partition coefficient (Wildman–Crippen LogP) is 5.49. The first kappa shape index (κ1) is 14.8. The van der Waals surface area contributed by atoms with Crippen molar-refractivity contribution >= 4 is 17.0 Å². The SMILES string of the molecule is C=Cc1ccc2ncc(CCC(C)C(C)(C)C)cc2c1. The zero-order valence-electron chi connectivity index (χ0n) is 13.1. The van der Waals surface area contributed by atoms with E-state index in [2.05, 4.69) is 63.5 Å². The number of benzene rings is 1. The molecule has 0 radical (unpaired) electrons. The van der Waals surface area contributed by atoms with Crippen LogP contribution in [-0.4, -0.2) is 4.98 Å². The van der Waals surface area contributed by atoms with Gasteiger partial charge in [0.05, 0.1) is 5.52 Å². The summed E-state index contributed by atoms with van der Waals surface area (Å²) in [5, 5.41) is 1.21. The first-order valence-corrected chi connectivity index (χ1v) is 7.41. The van der Waals surface area contributed by atoms with E-state index in [0.717, 1.165) is 17.5 Å². The van der Waals surface area contributed by atoms with Crippen LogP contribution in [0.3, 0.4) is 0 Å². The Labute approximate surface area is 122 Å². The topological polar surface area (TPSA) is 12.9 Å². The maximum absolute atomic E-state index is 4.56. The summed E-state index contributed by atoms with van der Waals surface area (Å²) in [5.41, 5.74) is 3.91. The number of hydrogen-bond donors (Lipinski definition) is 0. The minimum Gasteiger partial charge on any atom is -0.256 e. The van der Waals surface area contributed by atoms with Crippen molar-refractivity contribution in [2.45, 2.75) is 40.5 Å². The van der Waals surface area contributed by atoms with E-state index in [9.17, 15) is 0 Å². The van der Waals surface area contributed by atoms with E-state index in [1.54, 1.807) is 0 Å². The highest BCUT2D eigenvalue weighted by Gasteiger charge is 2.19. The van der Waals surface area contributed by atoms with Crippen LogP contribution in [0.2, 0.25) is 0 Å². The molecule has 2 rings (SSSR count). The summed E-state index contributed by atoms with van der Waals surface area (Å²) in [6.45, 7) is 13.1. The molecule has 2 aromatic rings. The van der Waals surface area contributed by atoms with Crippen LogP contribution in [0.1, 0.15) is 45.2 Å². The standard InChI is InChI=1S/C19H25N/c1-6-15-9-10-18-17(11-15)12-16(13-20-18)8-7-14(2)19(3,4)5/h6,9-14H,1,7-8H2,2-5H3. The Bertz CT molecular complexity index is 605. The van der Waals surface area contributed by atoms with Crippen molar-refractivity contribution in [3.8, 4) is 0 Å². The van der Waals surface area contributed by atoms with Crippen molar-refractivity contribution in [2.75, 3.05) is 0 Å². The number of aromatic nitrogens is 1. The molecule has 1 unspecified atom stereocenters. The molecule has 0 fully saturated rings. The highest BCUT2D eigenvalue weighted by Crippen LogP contribution is 2.29. The molecule has 1 aromatic heterocycles. The van der Waals surface area contributed by atoms with E-state index in [1.165, 1.54) is 17.4 Å². The third-order valence-electron chi connectivity index (χ3n) is 4.34. The van der Waals surface area contributed by atoms with E-state index in [1.807, 2.05) is 12.3 Å². The molecule has 1 heteroatoms. The Morgan fingerprint density at radius 1 is 1.25 bits per heavy atom. The van der Waals surface area contributed by atoms with Gasteiger partial charge < -0.3 is 0 Å². The molecule has 1 heterocycles. The zero-order chi connectivity index (χ0) is 14.8. The van der Waals surface area contributed by atoms with Crippen LogP contribution in [-0.2, 0) is 6.42 Å². The van der Waals surface area contributed by atoms with Crippen LogP contribution in [0.4, 0.5) is 0 Å². The van der Waals surface area contributed by atoms with Gasteiger partial charge in [0.15, 0.2) is 0 Å². The van der Waals surface area contributed by atoms with E-state index < -0.39 is 0 Å². The Kier molecular flexibility index (Phi) is 4.27. The Balaban J connectivity index is 2.17. The average molecular weight is 267 g/mol. The van der Waals surface area contributed by atoms with Gasteiger partial charge in [-0.25, -0.2) is 0 Å². The molecule has 0 saturated carbocycles. The predicted molar refractivity (Wildman–Crippen MR) is 88.8 cm³/mol. The minimum absolute atomic E-state index is 0.375. The van der Waals surface area contributed by atoms with Crippen LogP contribution >= 0.6 is 0 Å². The normalized spacial score (nSPS) is 13.4. The smallest absolute Gasteiger partial charge is 0.0702 e. The molecule has 0 saturated heterocycles. The van der Waals surface area contributed by atoms with Crippen LogP contribution < -0.4 is 0 Å². The zero-order valence-corrected chi connectivity index (χ0v) is 13.1. The van der Waals surface area contributed by atoms with Gasteiger partial charge in [0.25, 0.3) is 0 Å². The molecule has 20 heavy (non-hydrogen) atoms. The fraction of sp³-hybridized carbons (Fsp3) is 0.421. The number of nitrogens with zero attached hydrogens (tertiary/aromatic N) is 1. The van der Waals surface area contributed by atoms with Gasteiger partial charge in [0, 0.05) is 11.6 Å². The van der Waals surface area contributed by atoms with E-state index in [0.29, 0.717) is 11.3 Å². The van der Waals surface area contributed by atoms with E-state index in [-0.39, 0.29) is 0 Å². The summed E-state index contributed by atoms with van der Waals surface area (Å²) in [6, 6.07) is 8.55. The van der Waals surface area contributed by atoms with Gasteiger partial charge in [-0.3, -0.25) is 4.98 Å². The van der Waals surface area contributed by atoms with Gasteiger partial charge in [-0.05, 0) is 53.5 Å². The molecule has 0 spiro atoms. The minimum atomic E-state index is 0.375. The van der Waals surface area contributed by atoms with Crippen molar-refractivity contribution < 1.29 is 0 Å². The van der Waals surface area contributed by atoms with E-state index >= 15 is 0 Å². The van der Waals surface area contributed by atoms with Gasteiger partial charge in [0.1, 0.15) is 0 Å². The summed E-state index contributed by atoms with van der Waals surface area (Å²) in [4.78, 5) is 4.56. The van der Waals surface area contributed by atoms with Crippen molar-refractivity contribution in [1.82, 2.24) is 4.98 Å². The second-order valence-electron chi connectivity index (χ2n) is 6.81. The number of aryl methyl sites for hydroxylation is 1. The second kappa shape index (κ2) is 5.78. The third kappa shape index (κ3) is 3.47. The molecular weight excluding hydrogens is 242 g/mol. The first-order valence-electron chi connectivity index (χ1n) is 7.41. The lowest BCUT2D eigenvalue weighted by Crippen LogP contribution is -2.17. The molecule has 0 aliphatic heterocycles. The molecule has 0 amide bonds. The van der Waals surface area contributed by atoms with Crippen LogP contribution in [0, 0.1) is 11.3 Å². The van der Waals surface area contributed by atoms with Gasteiger partial charge in [-0.1, -0.05) is 46.4 Å². The number of fused-ring (bicyclic) bond motifs is 1. The van der Waals surface area contributed by atoms with E-state index in [4.69, 9.17) is 0 Å². The van der Waals surface area contributed by atoms with Crippen molar-refractivity contribution in [3.05, 3.63) is 48.2 Å². The third-order valence-corrected chi connectivity index (χ3v) is 4.34. The van der Waals surface area contributed by atoms with Gasteiger partial charge in [0.2, 0.25) is 0 Å². The fourth-order valence-corrected chi connectivity index (χ4v) is 2.28. The maximum atomic E-state index is 4.56. The molecular formula is C19H25N. The van der Waals surface area contributed by atoms with Crippen molar-refractivity contribution in [3.63, 3.8) is 0 Å². The summed E-state index contributed by atoms with van der Waals surface area (Å²) in [7, 11) is 0. The lowest BCUT2D eigenvalue weighted by molar-refractivity contribution is 0.247. The number of pyridine rings is 1. The van der Waals surface area contributed by atoms with Gasteiger partial charge in [-0.15, -0.1) is 0 Å². The largest absolute Gasteiger partial charge is 0.256 e. The number of hydrogen-bond acceptors (Lipinski definition) is 1. The molecule has 1 aromatic carbocycles. The molecule has 0 bridgehead atoms. The summed E-state index contributed by atoms with van der Waals surface area (Å²) in [5.74, 6) is 0.706. The average Bonchev–Trinajstić information content (AvgIpc) is 2.42. The highest BCUT2D eigenvalue weighted by atomic mass is 14.6.